The monoisotopic (exact) mass is 680 g/mol. The van der Waals surface area contributed by atoms with Gasteiger partial charge in [0.2, 0.25) is 0 Å². The second kappa shape index (κ2) is 9.60. The van der Waals surface area contributed by atoms with E-state index in [-0.39, 0.29) is 0 Å². The van der Waals surface area contributed by atoms with Crippen molar-refractivity contribution in [3.63, 3.8) is 0 Å². The molecule has 0 aliphatic heterocycles. The van der Waals surface area contributed by atoms with Crippen molar-refractivity contribution in [1.29, 1.82) is 0 Å². The van der Waals surface area contributed by atoms with E-state index in [2.05, 4.69) is 174 Å². The molecule has 0 nitrogen and oxygen atoms in total. The molecule has 0 fully saturated rings. The van der Waals surface area contributed by atoms with E-state index in [4.69, 9.17) is 0 Å². The summed E-state index contributed by atoms with van der Waals surface area (Å²) in [5, 5.41) is 0. The molecule has 45 heavy (non-hydrogen) atoms. The Bertz CT molecular complexity index is 2020. The summed E-state index contributed by atoms with van der Waals surface area (Å²) in [5.41, 5.74) is 14.4. The summed E-state index contributed by atoms with van der Waals surface area (Å²) in [4.78, 5) is 0. The zero-order valence-electron chi connectivity index (χ0n) is 27.6. The van der Waals surface area contributed by atoms with Gasteiger partial charge in [-0.2, -0.15) is 0 Å². The number of fused-ring (bicyclic) bond motifs is 2. The Morgan fingerprint density at radius 2 is 0.867 bits per heavy atom. The molecule has 0 saturated carbocycles. The van der Waals surface area contributed by atoms with Gasteiger partial charge in [-0.3, -0.25) is 0 Å². The van der Waals surface area contributed by atoms with E-state index in [1.165, 1.54) is 44.5 Å². The third kappa shape index (κ3) is 4.18. The third-order valence-corrected chi connectivity index (χ3v) is 44.1. The Morgan fingerprint density at radius 1 is 0.489 bits per heavy atom. The maximum absolute atomic E-state index is 5.38. The van der Waals surface area contributed by atoms with Crippen LogP contribution in [-0.4, -0.2) is 6.88 Å². The molecule has 7 rings (SSSR count). The van der Waals surface area contributed by atoms with E-state index in [9.17, 15) is 0 Å². The van der Waals surface area contributed by atoms with Gasteiger partial charge in [-0.25, -0.2) is 0 Å². The normalized spacial score (nSPS) is 19.7. The van der Waals surface area contributed by atoms with Gasteiger partial charge in [-0.1, -0.05) is 0 Å². The van der Waals surface area contributed by atoms with Crippen LogP contribution in [-0.2, 0) is 14.4 Å². The fourth-order valence-electron chi connectivity index (χ4n) is 10.3. The maximum atomic E-state index is 2.82. The Labute approximate surface area is 265 Å². The molecule has 0 aromatic heterocycles. The zero-order chi connectivity index (χ0) is 31.6. The van der Waals surface area contributed by atoms with Gasteiger partial charge in [0.25, 0.3) is 0 Å². The molecule has 5 aromatic rings. The first-order valence-corrected chi connectivity index (χ1v) is 34.2. The van der Waals surface area contributed by atoms with Crippen molar-refractivity contribution in [3.05, 3.63) is 161 Å². The van der Waals surface area contributed by atoms with E-state index in [0.29, 0.717) is 7.25 Å². The number of hydrogen-bond acceptors (Lipinski definition) is 0. The van der Waals surface area contributed by atoms with Crippen LogP contribution in [0.5, 0.6) is 0 Å². The first-order valence-electron chi connectivity index (χ1n) is 16.8. The number of hydrogen-bond donors (Lipinski definition) is 0. The van der Waals surface area contributed by atoms with Crippen LogP contribution in [0.2, 0.25) is 13.9 Å². The number of benzene rings is 5. The third-order valence-electron chi connectivity index (χ3n) is 12.2. The summed E-state index contributed by atoms with van der Waals surface area (Å²) in [6.45, 7) is 7.23. The van der Waals surface area contributed by atoms with Crippen LogP contribution in [0.4, 0.5) is 0 Å². The summed E-state index contributed by atoms with van der Waals surface area (Å²) in [6, 6.07) is 48.0. The summed E-state index contributed by atoms with van der Waals surface area (Å²) < 4.78 is 10.7. The first kappa shape index (κ1) is 30.3. The van der Waals surface area contributed by atoms with Crippen LogP contribution < -0.4 is 3.27 Å². The van der Waals surface area contributed by atoms with Crippen molar-refractivity contribution in [2.75, 3.05) is 0 Å². The van der Waals surface area contributed by atoms with Gasteiger partial charge in [-0.15, -0.1) is 0 Å². The molecule has 0 N–H and O–H groups in total. The molecule has 2 aliphatic carbocycles. The average molecular weight is 682 g/mol. The van der Waals surface area contributed by atoms with Crippen LogP contribution >= 0.6 is 0 Å². The molecular formula is C43H46SiZr. The molecule has 0 saturated heterocycles. The van der Waals surface area contributed by atoms with Crippen molar-refractivity contribution < 1.29 is 14.4 Å². The molecule has 2 heteroatoms. The van der Waals surface area contributed by atoms with Crippen LogP contribution in [0.15, 0.2) is 139 Å². The molecular weight excluding hydrogens is 636 g/mol. The molecule has 0 heterocycles. The number of rotatable bonds is 7. The van der Waals surface area contributed by atoms with Gasteiger partial charge in [0.05, 0.1) is 0 Å². The van der Waals surface area contributed by atoms with E-state index in [0.717, 1.165) is 12.8 Å². The fraction of sp³-hybridized carbons (Fsp3) is 0.209. The van der Waals surface area contributed by atoms with E-state index < -0.39 is 14.4 Å². The Kier molecular flexibility index (Phi) is 6.47. The van der Waals surface area contributed by atoms with Gasteiger partial charge in [0.15, 0.2) is 0 Å². The molecule has 226 valence electrons. The molecule has 5 aromatic carbocycles. The summed E-state index contributed by atoms with van der Waals surface area (Å²) in [7, 11) is 0. The molecule has 2 unspecified atom stereocenters. The predicted molar refractivity (Wildman–Crippen MR) is 198 cm³/mol. The van der Waals surface area contributed by atoms with Crippen molar-refractivity contribution in [2.45, 2.75) is 47.8 Å². The SMILES string of the molecule is CCC1=Cc2c(-c3ccccc3)cccc2[CH]1[Zr]([CH3])([CH3])([CH3])(=[SiH2])([c]1ccccc1)[CH]1C(CC)=Cc2c(-c3ccccc3)cccc21. The quantitative estimate of drug-likeness (QED) is 0.150. The van der Waals surface area contributed by atoms with E-state index >= 15 is 0 Å². The van der Waals surface area contributed by atoms with Gasteiger partial charge < -0.3 is 0 Å². The zero-order valence-corrected chi connectivity index (χ0v) is 31.4. The Morgan fingerprint density at radius 3 is 1.24 bits per heavy atom. The molecule has 0 bridgehead atoms. The van der Waals surface area contributed by atoms with E-state index in [1.54, 1.807) is 14.4 Å². The van der Waals surface area contributed by atoms with Gasteiger partial charge in [0.1, 0.15) is 0 Å². The van der Waals surface area contributed by atoms with Crippen LogP contribution in [0, 0.1) is 0 Å². The number of allylic oxidation sites excluding steroid dienone is 2. The molecule has 0 radical (unpaired) electrons. The van der Waals surface area contributed by atoms with E-state index in [1.807, 2.05) is 0 Å². The summed E-state index contributed by atoms with van der Waals surface area (Å²) in [5.74, 6) is 0. The second-order valence-electron chi connectivity index (χ2n) is 16.8. The van der Waals surface area contributed by atoms with Crippen LogP contribution in [0.25, 0.3) is 34.4 Å². The van der Waals surface area contributed by atoms with Crippen molar-refractivity contribution in [1.82, 2.24) is 0 Å². The summed E-state index contributed by atoms with van der Waals surface area (Å²) in [6.07, 6.45) is 7.26. The molecule has 2 atom stereocenters. The molecule has 2 aliphatic rings. The average Bonchev–Trinajstić information content (AvgIpc) is 3.67. The summed E-state index contributed by atoms with van der Waals surface area (Å²) >= 11 is -5.38. The van der Waals surface area contributed by atoms with Crippen LogP contribution in [0.3, 0.4) is 0 Å². The minimum atomic E-state index is -5.38. The first-order chi connectivity index (χ1) is 21.4. The topological polar surface area (TPSA) is 0 Å². The standard InChI is InChI=1S/2C17H15.C6H5.3CH3.H2Si.Zr/c2*1-2-13-11-15-9-6-10-16(17(15)12-13)14-7-4-3-5-8-14;1-2-4-6-5-3-1;;;;;/h2*3-12H,2H2,1H3;1-5H;3*1H3;1H2;. The van der Waals surface area contributed by atoms with Crippen molar-refractivity contribution in [2.24, 2.45) is 0 Å². The van der Waals surface area contributed by atoms with Crippen molar-refractivity contribution >= 4 is 22.3 Å². The predicted octanol–water partition coefficient (Wildman–Crippen LogP) is 11.2. The Hall–Kier alpha value is -3.32. The van der Waals surface area contributed by atoms with Gasteiger partial charge in [0, 0.05) is 0 Å². The van der Waals surface area contributed by atoms with Gasteiger partial charge >= 0.3 is 268 Å². The van der Waals surface area contributed by atoms with Crippen molar-refractivity contribution in [3.8, 4) is 22.3 Å². The Balaban J connectivity index is 1.61. The van der Waals surface area contributed by atoms with Gasteiger partial charge in [-0.05, 0) is 0 Å². The molecule has 0 spiro atoms. The minimum absolute atomic E-state index is 0.317. The van der Waals surface area contributed by atoms with Crippen LogP contribution in [0.1, 0.15) is 56.2 Å². The second-order valence-corrected chi connectivity index (χ2v) is 70.4. The molecule has 0 amide bonds. The fourth-order valence-corrected chi connectivity index (χ4v) is 43.0.